The molecule has 234 valence electrons. The largest absolute Gasteiger partial charge is 0.513 e. The number of anilines is 1. The number of amides is 2. The van der Waals surface area contributed by atoms with Gasteiger partial charge in [-0.25, -0.2) is 24.0 Å². The zero-order chi connectivity index (χ0) is 32.9. The van der Waals surface area contributed by atoms with Crippen LogP contribution in [-0.4, -0.2) is 69.9 Å². The van der Waals surface area contributed by atoms with Crippen LogP contribution in [0.4, 0.5) is 15.3 Å². The number of fused-ring (bicyclic) bond motifs is 1. The van der Waals surface area contributed by atoms with Crippen LogP contribution in [0.2, 0.25) is 0 Å². The van der Waals surface area contributed by atoms with E-state index in [1.54, 1.807) is 68.5 Å². The van der Waals surface area contributed by atoms with Crippen molar-refractivity contribution in [3.05, 3.63) is 29.6 Å². The molecule has 0 atom stereocenters. The quantitative estimate of drug-likeness (QED) is 0.362. The number of hydrogen-bond acceptors (Lipinski definition) is 10. The molecule has 0 bridgehead atoms. The van der Waals surface area contributed by atoms with Crippen LogP contribution in [0, 0.1) is 5.41 Å². The Bertz CT molecular complexity index is 1480. The first-order valence-corrected chi connectivity index (χ1v) is 14.1. The van der Waals surface area contributed by atoms with Crippen molar-refractivity contribution in [2.45, 2.75) is 105 Å². The summed E-state index contributed by atoms with van der Waals surface area (Å²) < 4.78 is 25.0. The SMILES string of the molecule is CN/C(C)=C(/C)C(=N)C(=O)N(C(=O)OC(C)(C)C)c1cnc2c(c1)cc(B1OC(C)(C)C(C)(C)O1)n2C(=O)OC(C)(C)C. The van der Waals surface area contributed by atoms with Crippen LogP contribution >= 0.6 is 0 Å². The lowest BCUT2D eigenvalue weighted by atomic mass is 9.84. The van der Waals surface area contributed by atoms with Crippen molar-refractivity contribution in [1.82, 2.24) is 14.9 Å². The first-order chi connectivity index (χ1) is 19.5. The van der Waals surface area contributed by atoms with E-state index in [0.717, 1.165) is 4.90 Å². The summed E-state index contributed by atoms with van der Waals surface area (Å²) in [5, 5.41) is 11.9. The van der Waals surface area contributed by atoms with Gasteiger partial charge in [0.25, 0.3) is 5.91 Å². The van der Waals surface area contributed by atoms with Gasteiger partial charge in [-0.15, -0.1) is 0 Å². The van der Waals surface area contributed by atoms with E-state index in [1.165, 1.54) is 16.8 Å². The highest BCUT2D eigenvalue weighted by atomic mass is 16.7. The summed E-state index contributed by atoms with van der Waals surface area (Å²) in [5.41, 5.74) is -1.98. The number of rotatable bonds is 5. The maximum absolute atomic E-state index is 13.6. The number of nitrogens with zero attached hydrogens (tertiary/aromatic N) is 3. The molecule has 1 saturated heterocycles. The van der Waals surface area contributed by atoms with Gasteiger partial charge in [-0.05, 0) is 101 Å². The van der Waals surface area contributed by atoms with Gasteiger partial charge in [-0.2, -0.15) is 0 Å². The Morgan fingerprint density at radius 2 is 1.51 bits per heavy atom. The molecule has 1 aliphatic heterocycles. The molecule has 2 N–H and O–H groups in total. The number of imide groups is 1. The third-order valence-corrected chi connectivity index (χ3v) is 7.29. The molecule has 2 aromatic heterocycles. The number of carbonyl (C=O) groups excluding carboxylic acids is 3. The lowest BCUT2D eigenvalue weighted by Crippen LogP contribution is -2.44. The van der Waals surface area contributed by atoms with Gasteiger partial charge < -0.3 is 24.1 Å². The summed E-state index contributed by atoms with van der Waals surface area (Å²) in [6.45, 7) is 21.2. The van der Waals surface area contributed by atoms with Gasteiger partial charge in [0.2, 0.25) is 0 Å². The summed E-state index contributed by atoms with van der Waals surface area (Å²) in [5.74, 6) is -0.903. The Kier molecular flexibility index (Phi) is 8.97. The van der Waals surface area contributed by atoms with Crippen molar-refractivity contribution in [2.75, 3.05) is 11.9 Å². The topological polar surface area (TPSA) is 145 Å². The summed E-state index contributed by atoms with van der Waals surface area (Å²) in [6.07, 6.45) is -0.398. The van der Waals surface area contributed by atoms with Gasteiger partial charge in [-0.1, -0.05) is 0 Å². The molecule has 0 aliphatic carbocycles. The Labute approximate surface area is 253 Å². The van der Waals surface area contributed by atoms with Gasteiger partial charge in [0.1, 0.15) is 22.6 Å². The van der Waals surface area contributed by atoms with E-state index in [2.05, 4.69) is 10.3 Å². The lowest BCUT2D eigenvalue weighted by molar-refractivity contribution is -0.112. The van der Waals surface area contributed by atoms with Crippen molar-refractivity contribution in [1.29, 1.82) is 5.41 Å². The van der Waals surface area contributed by atoms with E-state index in [4.69, 9.17) is 24.2 Å². The van der Waals surface area contributed by atoms with E-state index in [1.807, 2.05) is 27.7 Å². The second kappa shape index (κ2) is 11.4. The highest BCUT2D eigenvalue weighted by Gasteiger charge is 2.53. The fourth-order valence-electron chi connectivity index (χ4n) is 4.12. The van der Waals surface area contributed by atoms with Crippen LogP contribution in [0.15, 0.2) is 29.6 Å². The Morgan fingerprint density at radius 3 is 2.00 bits per heavy atom. The van der Waals surface area contributed by atoms with Gasteiger partial charge in [-0.3, -0.25) is 10.2 Å². The van der Waals surface area contributed by atoms with E-state index in [-0.39, 0.29) is 11.3 Å². The standard InChI is InChI=1S/C30H44BN5O7/c1-17(18(2)33-13)22(32)24(37)35(25(38)40-27(3,4)5)20-14-19-15-21(31-42-29(9,10)30(11,12)43-31)36(23(19)34-16-20)26(39)41-28(6,7)8/h14-16,32-33H,1-13H3/b18-17-,32-22?. The predicted molar refractivity (Wildman–Crippen MR) is 166 cm³/mol. The minimum Gasteiger partial charge on any atom is -0.443 e. The van der Waals surface area contributed by atoms with E-state index in [9.17, 15) is 14.4 Å². The third kappa shape index (κ3) is 7.10. The Morgan fingerprint density at radius 1 is 0.977 bits per heavy atom. The molecule has 3 heterocycles. The van der Waals surface area contributed by atoms with Crippen molar-refractivity contribution in [2.24, 2.45) is 0 Å². The molecule has 0 spiro atoms. The number of aromatic nitrogens is 2. The fourth-order valence-corrected chi connectivity index (χ4v) is 4.12. The average molecular weight is 598 g/mol. The lowest BCUT2D eigenvalue weighted by Gasteiger charge is -2.32. The van der Waals surface area contributed by atoms with Crippen LogP contribution in [0.25, 0.3) is 11.0 Å². The number of pyridine rings is 1. The van der Waals surface area contributed by atoms with E-state index in [0.29, 0.717) is 22.2 Å². The smallest absolute Gasteiger partial charge is 0.443 e. The third-order valence-electron chi connectivity index (χ3n) is 7.29. The van der Waals surface area contributed by atoms with Gasteiger partial charge in [0, 0.05) is 18.1 Å². The average Bonchev–Trinajstić information content (AvgIpc) is 3.33. The van der Waals surface area contributed by atoms with Crippen LogP contribution in [0.3, 0.4) is 0 Å². The highest BCUT2D eigenvalue weighted by molar-refractivity contribution is 6.62. The summed E-state index contributed by atoms with van der Waals surface area (Å²) in [7, 11) is 0.733. The molecular weight excluding hydrogens is 553 g/mol. The van der Waals surface area contributed by atoms with Crippen LogP contribution in [0.1, 0.15) is 83.1 Å². The first kappa shape index (κ1) is 33.8. The molecule has 0 aromatic carbocycles. The number of hydrogen-bond donors (Lipinski definition) is 2. The number of nitrogens with one attached hydrogen (secondary N) is 2. The molecule has 0 saturated carbocycles. The molecule has 2 amide bonds. The van der Waals surface area contributed by atoms with Gasteiger partial charge in [0.15, 0.2) is 0 Å². The maximum Gasteiger partial charge on any atom is 0.513 e. The second-order valence-electron chi connectivity index (χ2n) is 13.6. The van der Waals surface area contributed by atoms with E-state index >= 15 is 0 Å². The van der Waals surface area contributed by atoms with Crippen LogP contribution < -0.4 is 15.8 Å². The molecule has 12 nitrogen and oxygen atoms in total. The second-order valence-corrected chi connectivity index (χ2v) is 13.6. The van der Waals surface area contributed by atoms with Crippen LogP contribution in [-0.2, 0) is 23.6 Å². The van der Waals surface area contributed by atoms with Crippen molar-refractivity contribution >= 4 is 53.2 Å². The van der Waals surface area contributed by atoms with Crippen molar-refractivity contribution in [3.8, 4) is 0 Å². The minimum atomic E-state index is -0.976. The van der Waals surface area contributed by atoms with Crippen molar-refractivity contribution < 1.29 is 33.2 Å². The zero-order valence-electron chi connectivity index (χ0n) is 27.5. The summed E-state index contributed by atoms with van der Waals surface area (Å²) in [4.78, 5) is 45.8. The Hall–Kier alpha value is -3.71. The summed E-state index contributed by atoms with van der Waals surface area (Å²) in [6, 6.07) is 3.17. The molecule has 3 rings (SSSR count). The molecule has 43 heavy (non-hydrogen) atoms. The molecule has 0 radical (unpaired) electrons. The van der Waals surface area contributed by atoms with E-state index < -0.39 is 53.3 Å². The number of ether oxygens (including phenoxy) is 2. The zero-order valence-corrected chi connectivity index (χ0v) is 27.5. The fraction of sp³-hybridized carbons (Fsp3) is 0.567. The van der Waals surface area contributed by atoms with Crippen LogP contribution in [0.5, 0.6) is 0 Å². The number of carbonyl (C=O) groups is 3. The van der Waals surface area contributed by atoms with Gasteiger partial charge in [0.05, 0.1) is 28.7 Å². The molecule has 1 aliphatic rings. The summed E-state index contributed by atoms with van der Waals surface area (Å²) >= 11 is 0. The monoisotopic (exact) mass is 597 g/mol. The molecular formula is C30H44BN5O7. The molecule has 2 aromatic rings. The normalized spacial score (nSPS) is 16.9. The first-order valence-electron chi connectivity index (χ1n) is 14.1. The Balaban J connectivity index is 2.23. The van der Waals surface area contributed by atoms with Gasteiger partial charge >= 0.3 is 19.3 Å². The highest BCUT2D eigenvalue weighted by Crippen LogP contribution is 2.37. The maximum atomic E-state index is 13.6. The number of allylic oxidation sites excluding steroid dienone is 1. The predicted octanol–water partition coefficient (Wildman–Crippen LogP) is 4.92. The minimum absolute atomic E-state index is 0.0493. The molecule has 1 fully saturated rings. The molecule has 0 unspecified atom stereocenters. The van der Waals surface area contributed by atoms with Crippen molar-refractivity contribution in [3.63, 3.8) is 0 Å². The molecule has 13 heteroatoms.